The van der Waals surface area contributed by atoms with Gasteiger partial charge >= 0.3 is 41.9 Å². The van der Waals surface area contributed by atoms with Crippen molar-refractivity contribution < 1.29 is 48.1 Å². The molecule has 10 rings (SSSR count). The molecule has 0 spiro atoms. The van der Waals surface area contributed by atoms with Gasteiger partial charge in [0.25, 0.3) is 0 Å². The van der Waals surface area contributed by atoms with E-state index in [1.807, 2.05) is 0 Å². The third-order valence-electron chi connectivity index (χ3n) is 11.7. The molecule has 0 aromatic heterocycles. The zero-order chi connectivity index (χ0) is 38.3. The molecule has 2 aliphatic carbocycles. The van der Waals surface area contributed by atoms with E-state index in [0.717, 1.165) is 11.8 Å². The molecule has 2 aliphatic rings. The second-order valence-electron chi connectivity index (χ2n) is 16.2. The first-order valence-electron chi connectivity index (χ1n) is 20.7. The van der Waals surface area contributed by atoms with E-state index in [9.17, 15) is 0 Å². The molecule has 0 radical (unpaired) electrons. The van der Waals surface area contributed by atoms with Crippen molar-refractivity contribution in [2.24, 2.45) is 11.8 Å². The van der Waals surface area contributed by atoms with Crippen LogP contribution in [-0.2, 0) is 36.2 Å². The fourth-order valence-corrected chi connectivity index (χ4v) is 8.49. The van der Waals surface area contributed by atoms with Gasteiger partial charge in [-0.1, -0.05) is 217 Å². The summed E-state index contributed by atoms with van der Waals surface area (Å²) in [7, 11) is 0. The summed E-state index contributed by atoms with van der Waals surface area (Å²) >= 11 is 1.74. The summed E-state index contributed by atoms with van der Waals surface area (Å²) in [4.78, 5) is 0. The number of hydrogen-bond donors (Lipinski definition) is 0. The standard InChI is InChI=1S/2C26H23.C2H6Si.2ClH.Zr/c2*1-3-10-21(11-4-1)23-14-15-24(22-12-5-2-6-13-22)26-18-20(17-25(23)26)16-19-8-7-9-19;1-3-2;;;/h2*1-6,10-15,17-19H,7-9,16H2;1-2H3;2*1H;/q2*-1;;;;+2/p-2. The quantitative estimate of drug-likeness (QED) is 0.106. The zero-order valence-electron chi connectivity index (χ0n) is 33.7. The second-order valence-corrected chi connectivity index (χ2v) is 25.5. The average Bonchev–Trinajstić information content (AvgIpc) is 3.83. The Bertz CT molecular complexity index is 2180. The summed E-state index contributed by atoms with van der Waals surface area (Å²) in [6.45, 7) is 4.62. The van der Waals surface area contributed by atoms with Crippen LogP contribution >= 0.6 is 0 Å². The summed E-state index contributed by atoms with van der Waals surface area (Å²) < 4.78 is 0. The Kier molecular flexibility index (Phi) is 15.8. The van der Waals surface area contributed by atoms with Crippen LogP contribution in [0, 0.1) is 11.8 Å². The van der Waals surface area contributed by atoms with E-state index in [0.29, 0.717) is 0 Å². The summed E-state index contributed by atoms with van der Waals surface area (Å²) in [6.07, 6.45) is 10.9. The number of benzene rings is 6. The van der Waals surface area contributed by atoms with E-state index in [1.165, 1.54) is 129 Å². The fraction of sp³-hybridized carbons (Fsp3) is 0.222. The van der Waals surface area contributed by atoms with Crippen molar-refractivity contribution in [1.29, 1.82) is 0 Å². The normalized spacial score (nSPS) is 13.4. The second kappa shape index (κ2) is 21.0. The van der Waals surface area contributed by atoms with Gasteiger partial charge in [0, 0.05) is 0 Å². The SMILES string of the molecule is C[Si](C)=[Zr+2].[Cl-].[Cl-].c1ccc(-c2ccc(-c3ccccc3)c3[cH-]c(CC4CCC4)cc23)cc1.c1ccc(-c2ccc(-c3ccccc3)c3[cH-]c(CC4CCC4)cc23)cc1. The van der Waals surface area contributed by atoms with E-state index < -0.39 is 0 Å². The van der Waals surface area contributed by atoms with Crippen LogP contribution in [0.2, 0.25) is 13.1 Å². The van der Waals surface area contributed by atoms with Crippen molar-refractivity contribution in [3.8, 4) is 44.5 Å². The molecule has 0 saturated heterocycles. The molecule has 4 heteroatoms. The third kappa shape index (κ3) is 10.5. The van der Waals surface area contributed by atoms with Crippen molar-refractivity contribution in [1.82, 2.24) is 0 Å². The van der Waals surface area contributed by atoms with Gasteiger partial charge in [0.1, 0.15) is 0 Å². The molecule has 0 aliphatic heterocycles. The molecular formula is C54H52Cl2SiZr-2. The molecule has 292 valence electrons. The number of rotatable bonds is 8. The summed E-state index contributed by atoms with van der Waals surface area (Å²) in [5.74, 6) is 1.79. The molecule has 0 atom stereocenters. The maximum absolute atomic E-state index is 2.45. The predicted molar refractivity (Wildman–Crippen MR) is 240 cm³/mol. The minimum atomic E-state index is 0. The molecule has 2 saturated carbocycles. The smallest absolute Gasteiger partial charge is 0.0279 e. The van der Waals surface area contributed by atoms with Crippen LogP contribution in [0.1, 0.15) is 49.7 Å². The number of fused-ring (bicyclic) bond motifs is 2. The zero-order valence-corrected chi connectivity index (χ0v) is 38.7. The van der Waals surface area contributed by atoms with Gasteiger partial charge in [0.05, 0.1) is 0 Å². The minimum absolute atomic E-state index is 0. The van der Waals surface area contributed by atoms with Crippen LogP contribution < -0.4 is 24.8 Å². The Labute approximate surface area is 374 Å². The van der Waals surface area contributed by atoms with Crippen LogP contribution in [0.3, 0.4) is 0 Å². The summed E-state index contributed by atoms with van der Waals surface area (Å²) in [5.41, 5.74) is 13.8. The topological polar surface area (TPSA) is 0 Å². The molecule has 0 amide bonds. The van der Waals surface area contributed by atoms with E-state index in [2.05, 4.69) is 183 Å². The molecule has 0 bridgehead atoms. The van der Waals surface area contributed by atoms with E-state index in [4.69, 9.17) is 0 Å². The molecule has 8 aromatic carbocycles. The van der Waals surface area contributed by atoms with Gasteiger partial charge in [-0.2, -0.15) is 12.1 Å². The molecular weight excluding hydrogens is 839 g/mol. The maximum atomic E-state index is 2.45. The van der Waals surface area contributed by atoms with Crippen LogP contribution in [0.4, 0.5) is 0 Å². The van der Waals surface area contributed by atoms with Gasteiger partial charge < -0.3 is 24.8 Å². The van der Waals surface area contributed by atoms with Crippen LogP contribution in [0.25, 0.3) is 66.1 Å². The van der Waals surface area contributed by atoms with Gasteiger partial charge in [0.15, 0.2) is 0 Å². The van der Waals surface area contributed by atoms with Crippen LogP contribution in [0.15, 0.2) is 170 Å². The summed E-state index contributed by atoms with van der Waals surface area (Å²) in [6, 6.07) is 62.1. The fourth-order valence-electron chi connectivity index (χ4n) is 8.49. The Morgan fingerprint density at radius 2 is 0.724 bits per heavy atom. The summed E-state index contributed by atoms with van der Waals surface area (Å²) in [5, 5.41) is 5.58. The first-order valence-corrected chi connectivity index (χ1v) is 26.9. The average molecular weight is 891 g/mol. The van der Waals surface area contributed by atoms with Crippen molar-refractivity contribution >= 4 is 27.0 Å². The molecule has 0 N–H and O–H groups in total. The van der Waals surface area contributed by atoms with Gasteiger partial charge in [0.2, 0.25) is 0 Å². The largest absolute Gasteiger partial charge is 1.00 e. The third-order valence-corrected chi connectivity index (χ3v) is 11.7. The molecule has 8 aromatic rings. The Balaban J connectivity index is 0.000000174. The van der Waals surface area contributed by atoms with Gasteiger partial charge in [-0.25, -0.2) is 0 Å². The molecule has 0 heterocycles. The molecule has 2 fully saturated rings. The van der Waals surface area contributed by atoms with Crippen molar-refractivity contribution in [2.45, 2.75) is 64.5 Å². The van der Waals surface area contributed by atoms with Gasteiger partial charge in [-0.05, 0) is 35.8 Å². The van der Waals surface area contributed by atoms with E-state index >= 15 is 0 Å². The number of hydrogen-bond acceptors (Lipinski definition) is 0. The van der Waals surface area contributed by atoms with Crippen molar-refractivity contribution in [2.75, 3.05) is 0 Å². The van der Waals surface area contributed by atoms with Crippen molar-refractivity contribution in [3.05, 3.63) is 181 Å². The van der Waals surface area contributed by atoms with Gasteiger partial charge in [-0.3, -0.25) is 0 Å². The molecule has 0 unspecified atom stereocenters. The van der Waals surface area contributed by atoms with E-state index in [-0.39, 0.29) is 30.2 Å². The van der Waals surface area contributed by atoms with E-state index in [1.54, 1.807) is 23.3 Å². The first kappa shape index (κ1) is 43.8. The Morgan fingerprint density at radius 3 is 1.00 bits per heavy atom. The van der Waals surface area contributed by atoms with Crippen LogP contribution in [0.5, 0.6) is 0 Å². The minimum Gasteiger partial charge on any atom is -1.00 e. The monoisotopic (exact) mass is 888 g/mol. The molecule has 0 nitrogen and oxygen atoms in total. The first-order chi connectivity index (χ1) is 27.5. The predicted octanol–water partition coefficient (Wildman–Crippen LogP) is 9.26. The van der Waals surface area contributed by atoms with Gasteiger partial charge in [-0.15, -0.1) is 44.8 Å². The Hall–Kier alpha value is -3.78. The molecule has 58 heavy (non-hydrogen) atoms. The Morgan fingerprint density at radius 1 is 0.448 bits per heavy atom. The van der Waals surface area contributed by atoms with Crippen molar-refractivity contribution in [3.63, 3.8) is 0 Å². The van der Waals surface area contributed by atoms with Crippen LogP contribution in [-0.4, -0.2) is 5.43 Å². The number of halogens is 2. The maximum Gasteiger partial charge on any atom is -0.0279 e.